The largest absolute Gasteiger partial charge is 0.489 e. The van der Waals surface area contributed by atoms with Crippen LogP contribution in [-0.4, -0.2) is 39.4 Å². The molecule has 3 aromatic carbocycles. The van der Waals surface area contributed by atoms with Crippen molar-refractivity contribution in [1.82, 2.24) is 5.32 Å². The molecule has 10 heteroatoms. The lowest BCUT2D eigenvalue weighted by Gasteiger charge is -2.22. The Hall–Kier alpha value is -2.39. The lowest BCUT2D eigenvalue weighted by atomic mass is 10.2. The Labute approximate surface area is 220 Å². The van der Waals surface area contributed by atoms with E-state index in [4.69, 9.17) is 27.9 Å². The first kappa shape index (κ1) is 27.2. The maximum Gasteiger partial charge on any atom is 0.240 e. The van der Waals surface area contributed by atoms with E-state index in [0.717, 1.165) is 21.7 Å². The molecule has 0 saturated heterocycles. The fraction of sp³-hybridized carbons (Fsp3) is 0.240. The van der Waals surface area contributed by atoms with Crippen molar-refractivity contribution in [2.45, 2.75) is 12.4 Å². The van der Waals surface area contributed by atoms with Crippen LogP contribution in [0, 0.1) is 0 Å². The minimum Gasteiger partial charge on any atom is -0.489 e. The smallest absolute Gasteiger partial charge is 0.240 e. The number of amides is 1. The molecule has 3 aromatic rings. The van der Waals surface area contributed by atoms with Crippen LogP contribution in [0.5, 0.6) is 5.75 Å². The summed E-state index contributed by atoms with van der Waals surface area (Å²) in [6.07, 6.45) is 1.08. The van der Waals surface area contributed by atoms with Gasteiger partial charge in [-0.05, 0) is 47.5 Å². The summed E-state index contributed by atoms with van der Waals surface area (Å²) in [5.41, 5.74) is 2.38. The Morgan fingerprint density at radius 2 is 1.74 bits per heavy atom. The van der Waals surface area contributed by atoms with Crippen molar-refractivity contribution in [3.63, 3.8) is 0 Å². The monoisotopic (exact) mass is 552 g/mol. The van der Waals surface area contributed by atoms with Crippen LogP contribution in [0.4, 0.5) is 5.69 Å². The zero-order valence-electron chi connectivity index (χ0n) is 19.1. The van der Waals surface area contributed by atoms with Gasteiger partial charge in [0.05, 0.1) is 11.9 Å². The minimum atomic E-state index is -3.66. The summed E-state index contributed by atoms with van der Waals surface area (Å²) in [7, 11) is -3.66. The van der Waals surface area contributed by atoms with Gasteiger partial charge in [-0.25, -0.2) is 8.42 Å². The van der Waals surface area contributed by atoms with E-state index in [1.807, 2.05) is 36.4 Å². The molecule has 6 nitrogen and oxygen atoms in total. The molecule has 0 aliphatic heterocycles. The summed E-state index contributed by atoms with van der Waals surface area (Å²) in [5.74, 6) is 1.55. The summed E-state index contributed by atoms with van der Waals surface area (Å²) in [6.45, 7) is 0.496. The van der Waals surface area contributed by atoms with Crippen molar-refractivity contribution >= 4 is 56.6 Å². The second-order valence-electron chi connectivity index (χ2n) is 7.68. The molecular formula is C25H26Cl2N2O4S2. The predicted octanol–water partition coefficient (Wildman–Crippen LogP) is 5.39. The van der Waals surface area contributed by atoms with Crippen LogP contribution in [0.2, 0.25) is 10.0 Å². The number of anilines is 1. The Kier molecular flexibility index (Phi) is 10.2. The molecule has 3 rings (SSSR count). The normalized spacial score (nSPS) is 11.2. The average Bonchev–Trinajstić information content (AvgIpc) is 2.82. The van der Waals surface area contributed by atoms with Gasteiger partial charge in [-0.1, -0.05) is 59.6 Å². The summed E-state index contributed by atoms with van der Waals surface area (Å²) >= 11 is 13.7. The van der Waals surface area contributed by atoms with Gasteiger partial charge in [0.25, 0.3) is 0 Å². The van der Waals surface area contributed by atoms with E-state index in [1.54, 1.807) is 48.2 Å². The van der Waals surface area contributed by atoms with E-state index in [0.29, 0.717) is 46.1 Å². The van der Waals surface area contributed by atoms with Gasteiger partial charge in [-0.15, -0.1) is 0 Å². The number of hydrogen-bond acceptors (Lipinski definition) is 5. The molecule has 35 heavy (non-hydrogen) atoms. The van der Waals surface area contributed by atoms with E-state index < -0.39 is 10.0 Å². The van der Waals surface area contributed by atoms with Crippen LogP contribution in [0.1, 0.15) is 11.1 Å². The third-order valence-electron chi connectivity index (χ3n) is 4.90. The second-order valence-corrected chi connectivity index (χ2v) is 11.5. The Balaban J connectivity index is 1.48. The van der Waals surface area contributed by atoms with Gasteiger partial charge in [0.2, 0.25) is 15.9 Å². The highest BCUT2D eigenvalue weighted by Crippen LogP contribution is 2.25. The van der Waals surface area contributed by atoms with Crippen molar-refractivity contribution < 1.29 is 17.9 Å². The lowest BCUT2D eigenvalue weighted by Crippen LogP contribution is -2.41. The first-order valence-corrected chi connectivity index (χ1v) is 14.5. The second kappa shape index (κ2) is 13.1. The molecule has 0 heterocycles. The van der Waals surface area contributed by atoms with Crippen LogP contribution in [0.25, 0.3) is 0 Å². The van der Waals surface area contributed by atoms with Gasteiger partial charge >= 0.3 is 0 Å². The Morgan fingerprint density at radius 3 is 2.40 bits per heavy atom. The van der Waals surface area contributed by atoms with Gasteiger partial charge in [0.1, 0.15) is 18.9 Å². The highest BCUT2D eigenvalue weighted by molar-refractivity contribution is 7.98. The van der Waals surface area contributed by atoms with Gasteiger partial charge < -0.3 is 10.1 Å². The van der Waals surface area contributed by atoms with E-state index >= 15 is 0 Å². The van der Waals surface area contributed by atoms with Crippen LogP contribution < -0.4 is 14.4 Å². The van der Waals surface area contributed by atoms with Crippen molar-refractivity contribution in [1.29, 1.82) is 0 Å². The van der Waals surface area contributed by atoms with E-state index in [9.17, 15) is 13.2 Å². The van der Waals surface area contributed by atoms with Crippen LogP contribution in [0.15, 0.2) is 72.8 Å². The van der Waals surface area contributed by atoms with Gasteiger partial charge in [0.15, 0.2) is 0 Å². The zero-order valence-corrected chi connectivity index (χ0v) is 22.3. The predicted molar refractivity (Wildman–Crippen MR) is 145 cm³/mol. The third-order valence-corrected chi connectivity index (χ3v) is 7.64. The van der Waals surface area contributed by atoms with Crippen molar-refractivity contribution in [2.24, 2.45) is 0 Å². The molecule has 0 unspecified atom stereocenters. The number of carbonyl (C=O) groups is 1. The number of rotatable bonds is 12. The van der Waals surface area contributed by atoms with Crippen molar-refractivity contribution in [3.05, 3.63) is 94.0 Å². The molecule has 1 N–H and O–H groups in total. The van der Waals surface area contributed by atoms with E-state index in [1.165, 1.54) is 0 Å². The maximum atomic E-state index is 12.4. The zero-order chi connectivity index (χ0) is 25.3. The number of nitrogens with zero attached hydrogens (tertiary/aromatic N) is 1. The molecular weight excluding hydrogens is 527 g/mol. The molecule has 186 valence electrons. The number of hydrogen-bond donors (Lipinski definition) is 1. The van der Waals surface area contributed by atoms with E-state index in [-0.39, 0.29) is 12.5 Å². The highest BCUT2D eigenvalue weighted by atomic mass is 35.5. The molecule has 0 saturated carbocycles. The third kappa shape index (κ3) is 8.96. The molecule has 0 aliphatic carbocycles. The van der Waals surface area contributed by atoms with Crippen LogP contribution in [0.3, 0.4) is 0 Å². The number of ether oxygens (including phenoxy) is 1. The average molecular weight is 554 g/mol. The van der Waals surface area contributed by atoms with Crippen molar-refractivity contribution in [3.8, 4) is 5.75 Å². The number of halogens is 2. The molecule has 0 atom stereocenters. The van der Waals surface area contributed by atoms with Gasteiger partial charge in [0, 0.05) is 28.1 Å². The maximum absolute atomic E-state index is 12.4. The summed E-state index contributed by atoms with van der Waals surface area (Å²) < 4.78 is 31.5. The number of nitrogens with one attached hydrogen (secondary N) is 1. The summed E-state index contributed by atoms with van der Waals surface area (Å²) in [6, 6.07) is 21.7. The first-order valence-electron chi connectivity index (χ1n) is 10.8. The van der Waals surface area contributed by atoms with Gasteiger partial charge in [-0.2, -0.15) is 11.8 Å². The summed E-state index contributed by atoms with van der Waals surface area (Å²) in [4.78, 5) is 12.4. The molecule has 0 aromatic heterocycles. The highest BCUT2D eigenvalue weighted by Gasteiger charge is 2.20. The molecule has 0 bridgehead atoms. The molecule has 0 fully saturated rings. The van der Waals surface area contributed by atoms with Crippen LogP contribution in [-0.2, 0) is 27.2 Å². The fourth-order valence-electron chi connectivity index (χ4n) is 3.12. The lowest BCUT2D eigenvalue weighted by molar-refractivity contribution is -0.119. The van der Waals surface area contributed by atoms with Gasteiger partial charge in [-0.3, -0.25) is 9.10 Å². The SMILES string of the molecule is CS(=O)(=O)N(CC(=O)NCCSCc1ccc(Cl)cc1Cl)c1ccc(OCc2ccccc2)cc1. The number of thioether (sulfide) groups is 1. The molecule has 1 amide bonds. The molecule has 0 radical (unpaired) electrons. The van der Waals surface area contributed by atoms with Crippen LogP contribution >= 0.6 is 35.0 Å². The standard InChI is InChI=1S/C25H26Cl2N2O4S2/c1-35(31,32)29(22-9-11-23(12-10-22)33-17-19-5-3-2-4-6-19)16-25(30)28-13-14-34-18-20-7-8-21(26)15-24(20)27/h2-12,15H,13-14,16-18H2,1H3,(H,28,30). The minimum absolute atomic E-state index is 0.309. The summed E-state index contributed by atoms with van der Waals surface area (Å²) in [5, 5.41) is 3.96. The number of sulfonamides is 1. The fourth-order valence-corrected chi connectivity index (χ4v) is 5.39. The quantitative estimate of drug-likeness (QED) is 0.305. The topological polar surface area (TPSA) is 75.7 Å². The molecule has 0 aliphatic rings. The Bertz CT molecular complexity index is 1220. The number of carbonyl (C=O) groups excluding carboxylic acids is 1. The Morgan fingerprint density at radius 1 is 1.03 bits per heavy atom. The van der Waals surface area contributed by atoms with E-state index in [2.05, 4.69) is 5.32 Å². The molecule has 0 spiro atoms. The van der Waals surface area contributed by atoms with Crippen molar-refractivity contribution in [2.75, 3.05) is 29.4 Å². The first-order chi connectivity index (χ1) is 16.7. The number of benzene rings is 3.